The van der Waals surface area contributed by atoms with E-state index < -0.39 is 0 Å². The molecule has 0 aliphatic rings. The second-order valence-electron chi connectivity index (χ2n) is 4.00. The van der Waals surface area contributed by atoms with Crippen LogP contribution < -0.4 is 5.32 Å². The molecular weight excluding hydrogens is 328 g/mol. The molecule has 3 rings (SSSR count). The number of benzene rings is 1. The lowest BCUT2D eigenvalue weighted by Gasteiger charge is -1.96. The van der Waals surface area contributed by atoms with Gasteiger partial charge in [-0.3, -0.25) is 10.1 Å². The van der Waals surface area contributed by atoms with E-state index in [2.05, 4.69) is 26.2 Å². The molecule has 2 heterocycles. The number of thiazole rings is 1. The normalized spacial score (nSPS) is 10.8. The Morgan fingerprint density at radius 3 is 2.95 bits per heavy atom. The maximum Gasteiger partial charge on any atom is 0.293 e. The minimum Gasteiger partial charge on any atom is -0.456 e. The van der Waals surface area contributed by atoms with Gasteiger partial charge in [0.15, 0.2) is 10.9 Å². The zero-order valence-electron chi connectivity index (χ0n) is 9.94. The topological polar surface area (TPSA) is 55.1 Å². The van der Waals surface area contributed by atoms with Crippen LogP contribution in [0.15, 0.2) is 39.2 Å². The van der Waals surface area contributed by atoms with E-state index in [9.17, 15) is 4.79 Å². The quantitative estimate of drug-likeness (QED) is 0.762. The van der Waals surface area contributed by atoms with Gasteiger partial charge < -0.3 is 4.42 Å². The third-order valence-corrected chi connectivity index (χ3v) is 3.96. The summed E-state index contributed by atoms with van der Waals surface area (Å²) in [5.41, 5.74) is 0.860. The minimum atomic E-state index is -0.286. The first-order valence-corrected chi connectivity index (χ1v) is 7.17. The Balaban J connectivity index is 1.87. The number of halogens is 1. The van der Waals surface area contributed by atoms with Crippen LogP contribution in [0.3, 0.4) is 0 Å². The van der Waals surface area contributed by atoms with Crippen LogP contribution in [0, 0.1) is 6.92 Å². The Kier molecular flexibility index (Phi) is 3.12. The molecule has 1 amide bonds. The summed E-state index contributed by atoms with van der Waals surface area (Å²) in [4.78, 5) is 16.3. The van der Waals surface area contributed by atoms with E-state index in [1.54, 1.807) is 19.1 Å². The number of carbonyl (C=O) groups excluding carboxylic acids is 1. The summed E-state index contributed by atoms with van der Waals surface area (Å²) < 4.78 is 7.27. The summed E-state index contributed by atoms with van der Waals surface area (Å²) in [7, 11) is 0. The number of nitrogens with one attached hydrogen (secondary N) is 1. The van der Waals surface area contributed by atoms with E-state index in [1.807, 2.05) is 18.2 Å². The van der Waals surface area contributed by atoms with Crippen molar-refractivity contribution in [3.63, 3.8) is 0 Å². The lowest BCUT2D eigenvalue weighted by molar-refractivity contribution is 0.0995. The zero-order valence-corrected chi connectivity index (χ0v) is 12.3. The van der Waals surface area contributed by atoms with Gasteiger partial charge >= 0.3 is 0 Å². The molecule has 0 unspecified atom stereocenters. The van der Waals surface area contributed by atoms with Crippen LogP contribution in [0.4, 0.5) is 5.13 Å². The summed E-state index contributed by atoms with van der Waals surface area (Å²) in [5, 5.41) is 3.30. The van der Waals surface area contributed by atoms with E-state index in [0.717, 1.165) is 14.7 Å². The van der Waals surface area contributed by atoms with Crippen molar-refractivity contribution >= 4 is 48.5 Å². The summed E-state index contributed by atoms with van der Waals surface area (Å²) in [6, 6.07) is 9.20. The fourth-order valence-corrected chi connectivity index (χ4v) is 3.08. The standard InChI is InChI=1S/C13H9BrN2O2S/c1-7-2-5-10(18-7)12(17)16-13-15-9-4-3-8(14)6-11(9)19-13/h2-6H,1H3,(H,15,16,17). The molecule has 1 aromatic carbocycles. The van der Waals surface area contributed by atoms with Gasteiger partial charge in [0.05, 0.1) is 10.2 Å². The summed E-state index contributed by atoms with van der Waals surface area (Å²) in [6.45, 7) is 1.80. The highest BCUT2D eigenvalue weighted by Crippen LogP contribution is 2.28. The average Bonchev–Trinajstić information content (AvgIpc) is 2.94. The monoisotopic (exact) mass is 336 g/mol. The maximum atomic E-state index is 11.9. The molecule has 3 aromatic rings. The number of aromatic nitrogens is 1. The molecule has 1 N–H and O–H groups in total. The number of amides is 1. The SMILES string of the molecule is Cc1ccc(C(=O)Nc2nc3ccc(Br)cc3s2)o1. The molecule has 0 atom stereocenters. The van der Waals surface area contributed by atoms with Gasteiger partial charge in [-0.15, -0.1) is 0 Å². The highest BCUT2D eigenvalue weighted by atomic mass is 79.9. The Morgan fingerprint density at radius 1 is 1.37 bits per heavy atom. The van der Waals surface area contributed by atoms with Crippen molar-refractivity contribution in [2.75, 3.05) is 5.32 Å². The molecule has 0 saturated heterocycles. The second kappa shape index (κ2) is 4.79. The Hall–Kier alpha value is -1.66. The molecule has 96 valence electrons. The minimum absolute atomic E-state index is 0.286. The summed E-state index contributed by atoms with van der Waals surface area (Å²) >= 11 is 4.84. The number of furan rings is 1. The van der Waals surface area contributed by atoms with Crippen molar-refractivity contribution in [2.45, 2.75) is 6.92 Å². The first-order chi connectivity index (χ1) is 9.11. The number of fused-ring (bicyclic) bond motifs is 1. The number of rotatable bonds is 2. The molecule has 0 spiro atoms. The Labute approximate surface area is 121 Å². The predicted octanol–water partition coefficient (Wildman–Crippen LogP) is 4.21. The van der Waals surface area contributed by atoms with Crippen LogP contribution in [-0.2, 0) is 0 Å². The molecular formula is C13H9BrN2O2S. The third kappa shape index (κ3) is 2.54. The van der Waals surface area contributed by atoms with Crippen molar-refractivity contribution in [3.05, 3.63) is 46.3 Å². The number of hydrogen-bond donors (Lipinski definition) is 1. The average molecular weight is 337 g/mol. The Morgan fingerprint density at radius 2 is 2.21 bits per heavy atom. The fourth-order valence-electron chi connectivity index (χ4n) is 1.67. The van der Waals surface area contributed by atoms with Crippen LogP contribution in [0.2, 0.25) is 0 Å². The molecule has 2 aromatic heterocycles. The number of nitrogens with zero attached hydrogens (tertiary/aromatic N) is 1. The summed E-state index contributed by atoms with van der Waals surface area (Å²) in [5.74, 6) is 0.711. The van der Waals surface area contributed by atoms with Gasteiger partial charge in [-0.2, -0.15) is 0 Å². The van der Waals surface area contributed by atoms with Gasteiger partial charge in [0.2, 0.25) is 0 Å². The largest absolute Gasteiger partial charge is 0.456 e. The molecule has 0 aliphatic carbocycles. The van der Waals surface area contributed by atoms with E-state index in [4.69, 9.17) is 4.42 Å². The van der Waals surface area contributed by atoms with Crippen molar-refractivity contribution in [3.8, 4) is 0 Å². The fraction of sp³-hybridized carbons (Fsp3) is 0.0769. The lowest BCUT2D eigenvalue weighted by Crippen LogP contribution is -2.10. The maximum absolute atomic E-state index is 11.9. The molecule has 0 saturated carbocycles. The van der Waals surface area contributed by atoms with E-state index >= 15 is 0 Å². The highest BCUT2D eigenvalue weighted by molar-refractivity contribution is 9.10. The Bertz CT molecular complexity index is 763. The predicted molar refractivity (Wildman–Crippen MR) is 78.7 cm³/mol. The first-order valence-electron chi connectivity index (χ1n) is 5.56. The third-order valence-electron chi connectivity index (χ3n) is 2.54. The zero-order chi connectivity index (χ0) is 13.4. The molecule has 4 nitrogen and oxygen atoms in total. The molecule has 0 aliphatic heterocycles. The number of aryl methyl sites for hydroxylation is 1. The smallest absolute Gasteiger partial charge is 0.293 e. The van der Waals surface area contributed by atoms with E-state index in [1.165, 1.54) is 11.3 Å². The molecule has 0 fully saturated rings. The lowest BCUT2D eigenvalue weighted by atomic mass is 10.3. The van der Waals surface area contributed by atoms with Crippen LogP contribution in [0.5, 0.6) is 0 Å². The van der Waals surface area contributed by atoms with Gasteiger partial charge in [-0.1, -0.05) is 27.3 Å². The van der Waals surface area contributed by atoms with E-state index in [-0.39, 0.29) is 11.7 Å². The van der Waals surface area contributed by atoms with Crippen molar-refractivity contribution in [1.29, 1.82) is 0 Å². The van der Waals surface area contributed by atoms with E-state index in [0.29, 0.717) is 10.9 Å². The summed E-state index contributed by atoms with van der Waals surface area (Å²) in [6.07, 6.45) is 0. The molecule has 19 heavy (non-hydrogen) atoms. The van der Waals surface area contributed by atoms with Gasteiger partial charge in [0.25, 0.3) is 5.91 Å². The molecule has 6 heteroatoms. The number of hydrogen-bond acceptors (Lipinski definition) is 4. The molecule has 0 bridgehead atoms. The van der Waals surface area contributed by atoms with Crippen molar-refractivity contribution in [1.82, 2.24) is 4.98 Å². The van der Waals surface area contributed by atoms with Gasteiger partial charge in [0.1, 0.15) is 5.76 Å². The van der Waals surface area contributed by atoms with Crippen molar-refractivity contribution < 1.29 is 9.21 Å². The van der Waals surface area contributed by atoms with Crippen molar-refractivity contribution in [2.24, 2.45) is 0 Å². The molecule has 0 radical (unpaired) electrons. The van der Waals surface area contributed by atoms with Crippen LogP contribution >= 0.6 is 27.3 Å². The van der Waals surface area contributed by atoms with Crippen LogP contribution in [0.25, 0.3) is 10.2 Å². The van der Waals surface area contributed by atoms with Gasteiger partial charge in [-0.25, -0.2) is 4.98 Å². The first kappa shape index (κ1) is 12.4. The number of anilines is 1. The van der Waals surface area contributed by atoms with Gasteiger partial charge in [0, 0.05) is 4.47 Å². The second-order valence-corrected chi connectivity index (χ2v) is 5.94. The number of carbonyl (C=O) groups is 1. The highest BCUT2D eigenvalue weighted by Gasteiger charge is 2.12. The van der Waals surface area contributed by atoms with Gasteiger partial charge in [-0.05, 0) is 37.3 Å². The van der Waals surface area contributed by atoms with Crippen LogP contribution in [0.1, 0.15) is 16.3 Å². The van der Waals surface area contributed by atoms with Crippen LogP contribution in [-0.4, -0.2) is 10.9 Å².